The molecule has 1 heterocycles. The summed E-state index contributed by atoms with van der Waals surface area (Å²) in [6.07, 6.45) is 5.60. The van der Waals surface area contributed by atoms with Crippen LogP contribution in [-0.4, -0.2) is 26.4 Å². The highest BCUT2D eigenvalue weighted by atomic mass is 16.1. The molecule has 1 aliphatic rings. The van der Waals surface area contributed by atoms with Crippen molar-refractivity contribution in [1.29, 1.82) is 0 Å². The van der Waals surface area contributed by atoms with E-state index in [9.17, 15) is 4.79 Å². The van der Waals surface area contributed by atoms with E-state index in [1.165, 1.54) is 0 Å². The van der Waals surface area contributed by atoms with Gasteiger partial charge in [-0.25, -0.2) is 0 Å². The highest BCUT2D eigenvalue weighted by molar-refractivity contribution is 5.96. The maximum atomic E-state index is 11.5. The van der Waals surface area contributed by atoms with Crippen LogP contribution in [0.25, 0.3) is 17.5 Å². The molecular formula is C13H12N4O. The molecule has 0 amide bonds. The molecule has 3 rings (SSSR count). The van der Waals surface area contributed by atoms with Crippen LogP contribution in [0.2, 0.25) is 0 Å². The first kappa shape index (κ1) is 10.8. The standard InChI is InChI=1S/C13H12N4O/c18-12(10-6-7-10)8-3-9-1-4-11(5-2-9)13-14-16-17-15-13/h1-5,8,10H,6-7H2,(H,14,15,16,17)/b8-3+. The summed E-state index contributed by atoms with van der Waals surface area (Å²) in [6, 6.07) is 7.68. The van der Waals surface area contributed by atoms with Crippen LogP contribution in [0.4, 0.5) is 0 Å². The molecule has 0 saturated heterocycles. The first-order valence-corrected chi connectivity index (χ1v) is 5.89. The molecule has 1 saturated carbocycles. The average Bonchev–Trinajstić information content (AvgIpc) is 3.12. The molecule has 1 fully saturated rings. The molecular weight excluding hydrogens is 228 g/mol. The Kier molecular flexibility index (Phi) is 2.72. The van der Waals surface area contributed by atoms with E-state index >= 15 is 0 Å². The van der Waals surface area contributed by atoms with Crippen molar-refractivity contribution in [3.63, 3.8) is 0 Å². The Morgan fingerprint density at radius 2 is 2.06 bits per heavy atom. The Bertz CT molecular complexity index is 568. The van der Waals surface area contributed by atoms with Gasteiger partial charge in [0.15, 0.2) is 5.78 Å². The number of ketones is 1. The Morgan fingerprint density at radius 1 is 1.28 bits per heavy atom. The highest BCUT2D eigenvalue weighted by Gasteiger charge is 2.27. The summed E-state index contributed by atoms with van der Waals surface area (Å²) in [5.41, 5.74) is 1.89. The number of aromatic nitrogens is 4. The quantitative estimate of drug-likeness (QED) is 0.828. The van der Waals surface area contributed by atoms with Crippen molar-refractivity contribution in [1.82, 2.24) is 20.6 Å². The number of rotatable bonds is 4. The highest BCUT2D eigenvalue weighted by Crippen LogP contribution is 2.30. The lowest BCUT2D eigenvalue weighted by atomic mass is 10.1. The molecule has 0 unspecified atom stereocenters. The van der Waals surface area contributed by atoms with E-state index in [1.54, 1.807) is 6.08 Å². The maximum Gasteiger partial charge on any atom is 0.204 e. The van der Waals surface area contributed by atoms with Gasteiger partial charge in [-0.3, -0.25) is 4.79 Å². The van der Waals surface area contributed by atoms with Crippen molar-refractivity contribution in [2.75, 3.05) is 0 Å². The molecule has 5 heteroatoms. The lowest BCUT2D eigenvalue weighted by molar-refractivity contribution is -0.115. The number of aromatic amines is 1. The number of hydrogen-bond acceptors (Lipinski definition) is 4. The molecule has 1 N–H and O–H groups in total. The smallest absolute Gasteiger partial charge is 0.204 e. The summed E-state index contributed by atoms with van der Waals surface area (Å²) in [7, 11) is 0. The van der Waals surface area contributed by atoms with E-state index in [-0.39, 0.29) is 11.7 Å². The summed E-state index contributed by atoms with van der Waals surface area (Å²) in [4.78, 5) is 11.5. The van der Waals surface area contributed by atoms with Crippen LogP contribution in [0.3, 0.4) is 0 Å². The Morgan fingerprint density at radius 3 is 2.67 bits per heavy atom. The monoisotopic (exact) mass is 240 g/mol. The Labute approximate surface area is 104 Å². The molecule has 90 valence electrons. The minimum atomic E-state index is 0.234. The predicted molar refractivity (Wildman–Crippen MR) is 66.4 cm³/mol. The molecule has 2 aromatic rings. The fraction of sp³-hybridized carbons (Fsp3) is 0.231. The van der Waals surface area contributed by atoms with Crippen molar-refractivity contribution >= 4 is 11.9 Å². The van der Waals surface area contributed by atoms with Gasteiger partial charge in [-0.1, -0.05) is 30.3 Å². The third-order valence-electron chi connectivity index (χ3n) is 2.93. The number of nitrogens with zero attached hydrogens (tertiary/aromatic N) is 3. The molecule has 1 aromatic carbocycles. The molecule has 0 spiro atoms. The van der Waals surface area contributed by atoms with Crippen molar-refractivity contribution in [2.24, 2.45) is 5.92 Å². The lowest BCUT2D eigenvalue weighted by Gasteiger charge is -1.96. The van der Waals surface area contributed by atoms with Gasteiger partial charge in [-0.2, -0.15) is 5.21 Å². The molecule has 5 nitrogen and oxygen atoms in total. The van der Waals surface area contributed by atoms with Crippen LogP contribution >= 0.6 is 0 Å². The van der Waals surface area contributed by atoms with E-state index in [0.29, 0.717) is 5.82 Å². The number of benzene rings is 1. The van der Waals surface area contributed by atoms with Gasteiger partial charge in [0.05, 0.1) is 0 Å². The van der Waals surface area contributed by atoms with Gasteiger partial charge in [-0.15, -0.1) is 10.2 Å². The van der Waals surface area contributed by atoms with E-state index in [0.717, 1.165) is 24.0 Å². The van der Waals surface area contributed by atoms with Crippen LogP contribution < -0.4 is 0 Å². The first-order valence-electron chi connectivity index (χ1n) is 5.89. The number of nitrogens with one attached hydrogen (secondary N) is 1. The second-order valence-electron chi connectivity index (χ2n) is 4.37. The summed E-state index contributed by atoms with van der Waals surface area (Å²) in [6.45, 7) is 0. The van der Waals surface area contributed by atoms with Crippen LogP contribution in [0.5, 0.6) is 0 Å². The lowest BCUT2D eigenvalue weighted by Crippen LogP contribution is -1.93. The molecule has 0 atom stereocenters. The largest absolute Gasteiger partial charge is 0.295 e. The Balaban J connectivity index is 1.72. The number of carbonyl (C=O) groups excluding carboxylic acids is 1. The molecule has 1 aromatic heterocycles. The van der Waals surface area contributed by atoms with Gasteiger partial charge in [0.25, 0.3) is 0 Å². The van der Waals surface area contributed by atoms with E-state index in [1.807, 2.05) is 30.3 Å². The number of allylic oxidation sites excluding steroid dienone is 1. The van der Waals surface area contributed by atoms with Gasteiger partial charge in [-0.05, 0) is 29.7 Å². The molecule has 0 aliphatic heterocycles. The minimum Gasteiger partial charge on any atom is -0.295 e. The summed E-state index contributed by atoms with van der Waals surface area (Å²) < 4.78 is 0. The summed E-state index contributed by atoms with van der Waals surface area (Å²) >= 11 is 0. The van der Waals surface area contributed by atoms with Crippen LogP contribution in [0, 0.1) is 5.92 Å². The number of carbonyl (C=O) groups is 1. The first-order chi connectivity index (χ1) is 8.83. The van der Waals surface area contributed by atoms with E-state index < -0.39 is 0 Å². The zero-order chi connectivity index (χ0) is 12.4. The average molecular weight is 240 g/mol. The number of tetrazole rings is 1. The van der Waals surface area contributed by atoms with Crippen molar-refractivity contribution in [3.8, 4) is 11.4 Å². The second kappa shape index (κ2) is 4.52. The minimum absolute atomic E-state index is 0.234. The topological polar surface area (TPSA) is 71.5 Å². The molecule has 0 bridgehead atoms. The Hall–Kier alpha value is -2.30. The van der Waals surface area contributed by atoms with Gasteiger partial charge in [0.1, 0.15) is 0 Å². The third kappa shape index (κ3) is 2.34. The molecule has 18 heavy (non-hydrogen) atoms. The normalized spacial score (nSPS) is 15.1. The third-order valence-corrected chi connectivity index (χ3v) is 2.93. The van der Waals surface area contributed by atoms with E-state index in [4.69, 9.17) is 0 Å². The zero-order valence-corrected chi connectivity index (χ0v) is 9.71. The van der Waals surface area contributed by atoms with Crippen LogP contribution in [-0.2, 0) is 4.79 Å². The van der Waals surface area contributed by atoms with Gasteiger partial charge in [0, 0.05) is 11.5 Å². The van der Waals surface area contributed by atoms with Gasteiger partial charge >= 0.3 is 0 Å². The number of hydrogen-bond donors (Lipinski definition) is 1. The van der Waals surface area contributed by atoms with Crippen LogP contribution in [0.1, 0.15) is 18.4 Å². The second-order valence-corrected chi connectivity index (χ2v) is 4.37. The van der Waals surface area contributed by atoms with Gasteiger partial charge in [0.2, 0.25) is 5.82 Å². The summed E-state index contributed by atoms with van der Waals surface area (Å²) in [5, 5.41) is 13.7. The molecule has 0 radical (unpaired) electrons. The van der Waals surface area contributed by atoms with Crippen LogP contribution in [0.15, 0.2) is 30.3 Å². The van der Waals surface area contributed by atoms with Crippen molar-refractivity contribution in [2.45, 2.75) is 12.8 Å². The fourth-order valence-corrected chi connectivity index (χ4v) is 1.71. The summed E-state index contributed by atoms with van der Waals surface area (Å²) in [5.74, 6) is 1.08. The fourth-order valence-electron chi connectivity index (χ4n) is 1.71. The van der Waals surface area contributed by atoms with E-state index in [2.05, 4.69) is 20.6 Å². The zero-order valence-electron chi connectivity index (χ0n) is 9.71. The van der Waals surface area contributed by atoms with Crippen molar-refractivity contribution in [3.05, 3.63) is 35.9 Å². The maximum absolute atomic E-state index is 11.5. The predicted octanol–water partition coefficient (Wildman–Crippen LogP) is 1.86. The SMILES string of the molecule is O=C(/C=C/c1ccc(-c2nn[nH]n2)cc1)C1CC1. The van der Waals surface area contributed by atoms with Crippen molar-refractivity contribution < 1.29 is 4.79 Å². The van der Waals surface area contributed by atoms with Gasteiger partial charge < -0.3 is 0 Å². The molecule has 1 aliphatic carbocycles. The number of H-pyrrole nitrogens is 1.